The van der Waals surface area contributed by atoms with Gasteiger partial charge in [0.15, 0.2) is 5.78 Å². The van der Waals surface area contributed by atoms with Crippen LogP contribution in [0.5, 0.6) is 0 Å². The monoisotopic (exact) mass is 326 g/mol. The molecule has 1 aromatic carbocycles. The summed E-state index contributed by atoms with van der Waals surface area (Å²) in [5.74, 6) is 1.51. The first-order valence-electron chi connectivity index (χ1n) is 9.21. The Morgan fingerprint density at radius 2 is 2.04 bits per heavy atom. The lowest BCUT2D eigenvalue weighted by atomic mass is 9.55. The second kappa shape index (κ2) is 5.44. The van der Waals surface area contributed by atoms with Crippen molar-refractivity contribution in [2.75, 3.05) is 0 Å². The van der Waals surface area contributed by atoms with Gasteiger partial charge in [0.2, 0.25) is 0 Å². The van der Waals surface area contributed by atoms with Gasteiger partial charge in [-0.1, -0.05) is 25.1 Å². The summed E-state index contributed by atoms with van der Waals surface area (Å²) in [6, 6.07) is 6.15. The molecule has 4 rings (SSSR count). The summed E-state index contributed by atoms with van der Waals surface area (Å²) in [5.41, 5.74) is 3.55. The van der Waals surface area contributed by atoms with Crippen LogP contribution in [-0.2, 0) is 9.53 Å². The number of hydrogen-bond donors (Lipinski definition) is 0. The minimum absolute atomic E-state index is 0.0225. The zero-order valence-electron chi connectivity index (χ0n) is 14.8. The summed E-state index contributed by atoms with van der Waals surface area (Å²) >= 11 is 0. The van der Waals surface area contributed by atoms with Crippen LogP contribution in [-0.4, -0.2) is 17.9 Å². The van der Waals surface area contributed by atoms with Crippen molar-refractivity contribution in [2.45, 2.75) is 64.9 Å². The van der Waals surface area contributed by atoms with E-state index in [9.17, 15) is 9.59 Å². The second-order valence-electron chi connectivity index (χ2n) is 8.26. The molecule has 0 amide bonds. The summed E-state index contributed by atoms with van der Waals surface area (Å²) in [4.78, 5) is 24.2. The molecule has 0 unspecified atom stereocenters. The van der Waals surface area contributed by atoms with Gasteiger partial charge in [-0.25, -0.2) is 0 Å². The quantitative estimate of drug-likeness (QED) is 0.717. The Labute approximate surface area is 143 Å². The second-order valence-corrected chi connectivity index (χ2v) is 8.26. The number of esters is 1. The van der Waals surface area contributed by atoms with Gasteiger partial charge < -0.3 is 4.74 Å². The standard InChI is InChI=1S/C21H26O3/c1-12-5-4-6-15-18(23)11-16-14(20(12)15)9-10-21(3)17(16)7-8-19(21)24-13(2)22/h4-6,14,16-17,19H,7-11H2,1-3H3/t14-,16+,17-,19-,21-/m0/s1. The molecular formula is C21H26O3. The van der Waals surface area contributed by atoms with E-state index in [1.54, 1.807) is 0 Å². The van der Waals surface area contributed by atoms with Crippen molar-refractivity contribution in [2.24, 2.45) is 17.3 Å². The normalized spacial score (nSPS) is 37.4. The molecule has 3 aliphatic rings. The van der Waals surface area contributed by atoms with Crippen LogP contribution < -0.4 is 0 Å². The van der Waals surface area contributed by atoms with Gasteiger partial charge in [-0.15, -0.1) is 0 Å². The van der Waals surface area contributed by atoms with Crippen LogP contribution in [0.25, 0.3) is 0 Å². The van der Waals surface area contributed by atoms with Crippen molar-refractivity contribution >= 4 is 11.8 Å². The third-order valence-electron chi connectivity index (χ3n) is 7.07. The Bertz CT molecular complexity index is 707. The molecule has 0 spiro atoms. The van der Waals surface area contributed by atoms with Gasteiger partial charge in [0.1, 0.15) is 6.10 Å². The highest BCUT2D eigenvalue weighted by Gasteiger charge is 2.57. The largest absolute Gasteiger partial charge is 0.462 e. The van der Waals surface area contributed by atoms with E-state index in [4.69, 9.17) is 4.74 Å². The number of Topliss-reactive ketones (excluding diaryl/α,β-unsaturated/α-hetero) is 1. The van der Waals surface area contributed by atoms with Crippen LogP contribution >= 0.6 is 0 Å². The van der Waals surface area contributed by atoms with Crippen LogP contribution in [0.15, 0.2) is 18.2 Å². The number of carbonyl (C=O) groups excluding carboxylic acids is 2. The molecule has 0 bridgehead atoms. The molecule has 0 N–H and O–H groups in total. The zero-order valence-corrected chi connectivity index (χ0v) is 14.8. The zero-order chi connectivity index (χ0) is 17.1. The van der Waals surface area contributed by atoms with Crippen molar-refractivity contribution < 1.29 is 14.3 Å². The number of ketones is 1. The first-order valence-corrected chi connectivity index (χ1v) is 9.21. The average Bonchev–Trinajstić information content (AvgIpc) is 2.84. The number of aryl methyl sites for hydroxylation is 1. The molecule has 2 fully saturated rings. The fourth-order valence-corrected chi connectivity index (χ4v) is 6.02. The molecule has 24 heavy (non-hydrogen) atoms. The third kappa shape index (κ3) is 2.17. The molecule has 3 heteroatoms. The van der Waals surface area contributed by atoms with Crippen LogP contribution in [0.1, 0.15) is 73.4 Å². The maximum Gasteiger partial charge on any atom is 0.302 e. The van der Waals surface area contributed by atoms with Gasteiger partial charge in [0.25, 0.3) is 0 Å². The van der Waals surface area contributed by atoms with Crippen LogP contribution in [0.3, 0.4) is 0 Å². The van der Waals surface area contributed by atoms with Crippen molar-refractivity contribution in [3.63, 3.8) is 0 Å². The topological polar surface area (TPSA) is 43.4 Å². The first kappa shape index (κ1) is 15.9. The van der Waals surface area contributed by atoms with Gasteiger partial charge in [0, 0.05) is 24.3 Å². The van der Waals surface area contributed by atoms with Crippen molar-refractivity contribution in [3.8, 4) is 0 Å². The molecule has 2 saturated carbocycles. The Morgan fingerprint density at radius 1 is 1.25 bits per heavy atom. The van der Waals surface area contributed by atoms with E-state index in [1.807, 2.05) is 12.1 Å². The third-order valence-corrected chi connectivity index (χ3v) is 7.07. The first-order chi connectivity index (χ1) is 11.4. The SMILES string of the molecule is CC(=O)O[C@H]1CC[C@H]2[C@@H]3CC(=O)c4cccc(C)c4[C@H]3CC[C@]12C. The highest BCUT2D eigenvalue weighted by molar-refractivity contribution is 5.99. The molecule has 0 radical (unpaired) electrons. The van der Waals surface area contributed by atoms with Crippen LogP contribution in [0.4, 0.5) is 0 Å². The fraction of sp³-hybridized carbons (Fsp3) is 0.619. The van der Waals surface area contributed by atoms with E-state index < -0.39 is 0 Å². The van der Waals surface area contributed by atoms with Crippen LogP contribution in [0, 0.1) is 24.2 Å². The highest BCUT2D eigenvalue weighted by Crippen LogP contribution is 2.61. The maximum absolute atomic E-state index is 12.8. The minimum Gasteiger partial charge on any atom is -0.462 e. The van der Waals surface area contributed by atoms with Crippen molar-refractivity contribution in [3.05, 3.63) is 34.9 Å². The molecular weight excluding hydrogens is 300 g/mol. The maximum atomic E-state index is 12.8. The average molecular weight is 326 g/mol. The van der Waals surface area contributed by atoms with Crippen molar-refractivity contribution in [1.29, 1.82) is 0 Å². The molecule has 0 aliphatic heterocycles. The minimum atomic E-state index is -0.176. The van der Waals surface area contributed by atoms with Gasteiger partial charge in [-0.3, -0.25) is 9.59 Å². The van der Waals surface area contributed by atoms with E-state index in [0.29, 0.717) is 30.0 Å². The van der Waals surface area contributed by atoms with Crippen molar-refractivity contribution in [1.82, 2.24) is 0 Å². The molecule has 3 nitrogen and oxygen atoms in total. The lowest BCUT2D eigenvalue weighted by molar-refractivity contribution is -0.154. The molecule has 0 aromatic heterocycles. The van der Waals surface area contributed by atoms with E-state index in [-0.39, 0.29) is 17.5 Å². The fourth-order valence-electron chi connectivity index (χ4n) is 6.02. The summed E-state index contributed by atoms with van der Waals surface area (Å²) in [6.45, 7) is 5.93. The molecule has 1 aromatic rings. The Hall–Kier alpha value is -1.64. The van der Waals surface area contributed by atoms with Gasteiger partial charge in [0.05, 0.1) is 0 Å². The summed E-state index contributed by atoms with van der Waals surface area (Å²) in [6.07, 6.45) is 4.88. The lowest BCUT2D eigenvalue weighted by Crippen LogP contribution is -2.46. The predicted molar refractivity (Wildman–Crippen MR) is 92.0 cm³/mol. The van der Waals surface area contributed by atoms with E-state index in [0.717, 1.165) is 31.2 Å². The van der Waals surface area contributed by atoms with E-state index >= 15 is 0 Å². The van der Waals surface area contributed by atoms with Gasteiger partial charge in [-0.05, 0) is 61.5 Å². The van der Waals surface area contributed by atoms with E-state index in [2.05, 4.69) is 19.9 Å². The van der Waals surface area contributed by atoms with E-state index in [1.165, 1.54) is 18.1 Å². The summed E-state index contributed by atoms with van der Waals surface area (Å²) < 4.78 is 5.66. The summed E-state index contributed by atoms with van der Waals surface area (Å²) in [7, 11) is 0. The molecule has 0 heterocycles. The Kier molecular flexibility index (Phi) is 3.59. The Balaban J connectivity index is 1.71. The molecule has 5 atom stereocenters. The smallest absolute Gasteiger partial charge is 0.302 e. The number of hydrogen-bond acceptors (Lipinski definition) is 3. The van der Waals surface area contributed by atoms with Gasteiger partial charge in [-0.2, -0.15) is 0 Å². The summed E-state index contributed by atoms with van der Waals surface area (Å²) in [5, 5.41) is 0. The Morgan fingerprint density at radius 3 is 2.79 bits per heavy atom. The molecule has 128 valence electrons. The number of fused-ring (bicyclic) bond motifs is 5. The van der Waals surface area contributed by atoms with Crippen LogP contribution in [0.2, 0.25) is 0 Å². The predicted octanol–water partition coefficient (Wildman–Crippen LogP) is 4.42. The number of carbonyl (C=O) groups is 2. The molecule has 0 saturated heterocycles. The lowest BCUT2D eigenvalue weighted by Gasteiger charge is -2.50. The van der Waals surface area contributed by atoms with Gasteiger partial charge >= 0.3 is 5.97 Å². The highest BCUT2D eigenvalue weighted by atomic mass is 16.5. The number of benzene rings is 1. The number of ether oxygens (including phenoxy) is 1. The molecule has 3 aliphatic carbocycles. The number of rotatable bonds is 1.